The Hall–Kier alpha value is -2.12. The molecule has 0 atom stereocenters. The summed E-state index contributed by atoms with van der Waals surface area (Å²) in [5.74, 6) is 0. The highest BCUT2D eigenvalue weighted by atomic mass is 28.3. The van der Waals surface area contributed by atoms with Gasteiger partial charge in [0.1, 0.15) is 8.80 Å². The molecular weight excluding hydrogens is 352 g/mol. The number of aryl methyl sites for hydroxylation is 3. The van der Waals surface area contributed by atoms with E-state index in [9.17, 15) is 0 Å². The third-order valence-corrected chi connectivity index (χ3v) is 8.71. The zero-order valence-electron chi connectivity index (χ0n) is 17.7. The molecule has 146 valence electrons. The number of hydrogen-bond acceptors (Lipinski definition) is 0. The molecule has 0 aliphatic heterocycles. The Bertz CT molecular complexity index is 711. The molecule has 0 radical (unpaired) electrons. The largest absolute Gasteiger partial charge is 0.132 e. The molecule has 0 saturated carbocycles. The standard InChI is InChI=1S/C27H34Si/c1-4-7-22-10-16-25(17-11-22)28(26-18-12-23(8-5-2)13-19-26)27-20-14-24(9-6-3)15-21-27/h10-21,28H,4-9H2,1-3H3. The van der Waals surface area contributed by atoms with Crippen LogP contribution in [0.2, 0.25) is 0 Å². The Kier molecular flexibility index (Phi) is 7.68. The summed E-state index contributed by atoms with van der Waals surface area (Å²) in [6.45, 7) is 6.75. The Labute approximate surface area is 173 Å². The molecule has 3 aromatic rings. The number of hydrogen-bond donors (Lipinski definition) is 0. The maximum Gasteiger partial charge on any atom is 0.132 e. The fraction of sp³-hybridized carbons (Fsp3) is 0.333. The van der Waals surface area contributed by atoms with Gasteiger partial charge in [-0.25, -0.2) is 0 Å². The minimum Gasteiger partial charge on any atom is -0.0651 e. The van der Waals surface area contributed by atoms with Crippen molar-refractivity contribution in [3.05, 3.63) is 89.5 Å². The molecule has 0 aliphatic carbocycles. The van der Waals surface area contributed by atoms with Gasteiger partial charge in [0, 0.05) is 0 Å². The van der Waals surface area contributed by atoms with Crippen molar-refractivity contribution in [3.63, 3.8) is 0 Å². The van der Waals surface area contributed by atoms with Gasteiger partial charge in [-0.1, -0.05) is 128 Å². The third kappa shape index (κ3) is 5.23. The molecule has 0 N–H and O–H groups in total. The maximum absolute atomic E-state index is 2.39. The fourth-order valence-electron chi connectivity index (χ4n) is 4.07. The average molecular weight is 387 g/mol. The molecule has 28 heavy (non-hydrogen) atoms. The van der Waals surface area contributed by atoms with E-state index in [0.717, 1.165) is 0 Å². The van der Waals surface area contributed by atoms with Gasteiger partial charge in [-0.2, -0.15) is 0 Å². The summed E-state index contributed by atoms with van der Waals surface area (Å²) < 4.78 is 0. The van der Waals surface area contributed by atoms with E-state index in [-0.39, 0.29) is 0 Å². The van der Waals surface area contributed by atoms with Gasteiger partial charge in [0.25, 0.3) is 0 Å². The van der Waals surface area contributed by atoms with Crippen molar-refractivity contribution < 1.29 is 0 Å². The second kappa shape index (κ2) is 10.4. The Balaban J connectivity index is 1.97. The van der Waals surface area contributed by atoms with Gasteiger partial charge < -0.3 is 0 Å². The van der Waals surface area contributed by atoms with Crippen molar-refractivity contribution >= 4 is 24.4 Å². The van der Waals surface area contributed by atoms with Gasteiger partial charge in [0.2, 0.25) is 0 Å². The van der Waals surface area contributed by atoms with E-state index >= 15 is 0 Å². The van der Waals surface area contributed by atoms with Gasteiger partial charge >= 0.3 is 0 Å². The van der Waals surface area contributed by atoms with Crippen LogP contribution in [0.4, 0.5) is 0 Å². The highest BCUT2D eigenvalue weighted by Crippen LogP contribution is 2.06. The van der Waals surface area contributed by atoms with Crippen molar-refractivity contribution in [2.24, 2.45) is 0 Å². The van der Waals surface area contributed by atoms with E-state index in [1.165, 1.54) is 70.8 Å². The molecule has 0 aromatic heterocycles. The van der Waals surface area contributed by atoms with Crippen LogP contribution in [-0.2, 0) is 19.3 Å². The summed E-state index contributed by atoms with van der Waals surface area (Å²) in [5.41, 5.74) is 4.36. The van der Waals surface area contributed by atoms with Crippen LogP contribution < -0.4 is 15.6 Å². The van der Waals surface area contributed by atoms with Crippen LogP contribution in [0.1, 0.15) is 56.7 Å². The van der Waals surface area contributed by atoms with Crippen LogP contribution in [0.15, 0.2) is 72.8 Å². The van der Waals surface area contributed by atoms with Crippen LogP contribution in [0.25, 0.3) is 0 Å². The van der Waals surface area contributed by atoms with E-state index < -0.39 is 8.80 Å². The topological polar surface area (TPSA) is 0 Å². The molecule has 0 bridgehead atoms. The Morgan fingerprint density at radius 3 is 0.893 bits per heavy atom. The summed E-state index contributed by atoms with van der Waals surface area (Å²) >= 11 is 0. The quantitative estimate of drug-likeness (QED) is 0.366. The summed E-state index contributed by atoms with van der Waals surface area (Å²) in [4.78, 5) is 0. The molecule has 0 amide bonds. The molecule has 0 spiro atoms. The molecule has 3 aromatic carbocycles. The third-order valence-electron chi connectivity index (χ3n) is 5.56. The molecule has 0 nitrogen and oxygen atoms in total. The lowest BCUT2D eigenvalue weighted by Gasteiger charge is -2.19. The number of rotatable bonds is 9. The van der Waals surface area contributed by atoms with Gasteiger partial charge in [-0.15, -0.1) is 0 Å². The first kappa shape index (κ1) is 20.6. The van der Waals surface area contributed by atoms with Crippen molar-refractivity contribution in [3.8, 4) is 0 Å². The van der Waals surface area contributed by atoms with Crippen molar-refractivity contribution in [2.75, 3.05) is 0 Å². The SMILES string of the molecule is CCCc1ccc([SiH](c2ccc(CCC)cc2)c2ccc(CCC)cc2)cc1. The predicted octanol–water partition coefficient (Wildman–Crippen LogP) is 4.79. The molecule has 3 rings (SSSR count). The van der Waals surface area contributed by atoms with Crippen molar-refractivity contribution in [1.29, 1.82) is 0 Å². The molecule has 1 heteroatoms. The maximum atomic E-state index is 2.39. The summed E-state index contributed by atoms with van der Waals surface area (Å²) in [6, 6.07) is 28.4. The van der Waals surface area contributed by atoms with E-state index in [1.807, 2.05) is 0 Å². The lowest BCUT2D eigenvalue weighted by Crippen LogP contribution is -2.52. The summed E-state index contributed by atoms with van der Waals surface area (Å²) in [7, 11) is -1.43. The van der Waals surface area contributed by atoms with Crippen molar-refractivity contribution in [1.82, 2.24) is 0 Å². The molecule has 0 heterocycles. The first-order chi connectivity index (χ1) is 13.7. The first-order valence-electron chi connectivity index (χ1n) is 11.0. The Morgan fingerprint density at radius 2 is 0.679 bits per heavy atom. The molecule has 0 unspecified atom stereocenters. The van der Waals surface area contributed by atoms with E-state index in [4.69, 9.17) is 0 Å². The molecule has 0 aliphatic rings. The number of benzene rings is 3. The van der Waals surface area contributed by atoms with E-state index in [2.05, 4.69) is 93.6 Å². The highest BCUT2D eigenvalue weighted by molar-refractivity contribution is 6.95. The van der Waals surface area contributed by atoms with Gasteiger partial charge in [-0.05, 0) is 36.0 Å². The highest BCUT2D eigenvalue weighted by Gasteiger charge is 2.19. The monoisotopic (exact) mass is 386 g/mol. The van der Waals surface area contributed by atoms with Gasteiger partial charge in [0.05, 0.1) is 0 Å². The van der Waals surface area contributed by atoms with Crippen LogP contribution in [-0.4, -0.2) is 8.80 Å². The lowest BCUT2D eigenvalue weighted by molar-refractivity contribution is 0.922. The lowest BCUT2D eigenvalue weighted by atomic mass is 10.1. The second-order valence-electron chi connectivity index (χ2n) is 7.91. The first-order valence-corrected chi connectivity index (χ1v) is 12.7. The minimum absolute atomic E-state index is 1.17. The second-order valence-corrected chi connectivity index (χ2v) is 10.8. The van der Waals surface area contributed by atoms with Crippen LogP contribution >= 0.6 is 0 Å². The zero-order valence-corrected chi connectivity index (χ0v) is 18.9. The molecule has 0 saturated heterocycles. The van der Waals surface area contributed by atoms with Crippen LogP contribution in [0.5, 0.6) is 0 Å². The zero-order chi connectivity index (χ0) is 19.8. The van der Waals surface area contributed by atoms with Crippen LogP contribution in [0.3, 0.4) is 0 Å². The van der Waals surface area contributed by atoms with Crippen LogP contribution in [0, 0.1) is 0 Å². The van der Waals surface area contributed by atoms with Gasteiger partial charge in [-0.3, -0.25) is 0 Å². The molecular formula is C27H34Si. The summed E-state index contributed by atoms with van der Waals surface area (Å²) in [6.07, 6.45) is 7.13. The van der Waals surface area contributed by atoms with E-state index in [1.54, 1.807) is 0 Å². The molecule has 0 fully saturated rings. The fourth-order valence-corrected chi connectivity index (χ4v) is 6.96. The normalized spacial score (nSPS) is 11.1. The van der Waals surface area contributed by atoms with E-state index in [0.29, 0.717) is 0 Å². The van der Waals surface area contributed by atoms with Crippen molar-refractivity contribution in [2.45, 2.75) is 59.3 Å². The smallest absolute Gasteiger partial charge is 0.0651 e. The minimum atomic E-state index is -1.43. The predicted molar refractivity (Wildman–Crippen MR) is 127 cm³/mol. The summed E-state index contributed by atoms with van der Waals surface area (Å²) in [5, 5.41) is 4.56. The Morgan fingerprint density at radius 1 is 0.429 bits per heavy atom. The van der Waals surface area contributed by atoms with Gasteiger partial charge in [0.15, 0.2) is 0 Å². The average Bonchev–Trinajstić information content (AvgIpc) is 2.73.